The molecule has 2 aromatic carbocycles. The van der Waals surface area contributed by atoms with E-state index in [0.717, 1.165) is 11.1 Å². The summed E-state index contributed by atoms with van der Waals surface area (Å²) in [6, 6.07) is 10.8. The molecular formula is C16H13ClO5. The normalized spacial score (nSPS) is 16.2. The molecule has 1 atom stereocenters. The molecule has 1 unspecified atom stereocenters. The smallest absolute Gasteiger partial charge is 0.387 e. The molecule has 0 saturated heterocycles. The molecule has 0 spiro atoms. The first kappa shape index (κ1) is 14.5. The molecule has 0 amide bonds. The minimum Gasteiger partial charge on any atom is -0.495 e. The third-order valence-corrected chi connectivity index (χ3v) is 3.74. The Morgan fingerprint density at radius 2 is 2.00 bits per heavy atom. The molecule has 1 aliphatic rings. The number of fused-ring (bicyclic) bond motifs is 2. The lowest BCUT2D eigenvalue weighted by Crippen LogP contribution is -2.34. The van der Waals surface area contributed by atoms with Crippen LogP contribution in [0.1, 0.15) is 11.1 Å². The summed E-state index contributed by atoms with van der Waals surface area (Å²) < 4.78 is 16.1. The fraction of sp³-hybridized carbons (Fsp3) is 0.188. The molecule has 6 heteroatoms. The highest BCUT2D eigenvalue weighted by atomic mass is 35.5. The molecule has 0 radical (unpaired) electrons. The van der Waals surface area contributed by atoms with Crippen molar-refractivity contribution in [3.05, 3.63) is 52.5 Å². The van der Waals surface area contributed by atoms with Crippen LogP contribution >= 0.6 is 11.6 Å². The van der Waals surface area contributed by atoms with Crippen molar-refractivity contribution in [2.45, 2.75) is 12.7 Å². The minimum atomic E-state index is -1.48. The number of benzene rings is 2. The van der Waals surface area contributed by atoms with Gasteiger partial charge in [0, 0.05) is 12.0 Å². The number of halogens is 1. The second-order valence-electron chi connectivity index (χ2n) is 4.76. The quantitative estimate of drug-likeness (QED) is 0.921. The fourth-order valence-electron chi connectivity index (χ4n) is 2.32. The summed E-state index contributed by atoms with van der Waals surface area (Å²) in [5.41, 5.74) is 1.63. The summed E-state index contributed by atoms with van der Waals surface area (Å²) in [5.74, 6) is -0.0737. The van der Waals surface area contributed by atoms with Gasteiger partial charge in [-0.15, -0.1) is 0 Å². The van der Waals surface area contributed by atoms with Gasteiger partial charge in [0.2, 0.25) is 0 Å². The zero-order valence-electron chi connectivity index (χ0n) is 11.7. The van der Waals surface area contributed by atoms with Crippen molar-refractivity contribution in [3.8, 4) is 17.2 Å². The Kier molecular flexibility index (Phi) is 3.81. The Bertz CT molecular complexity index is 728. The largest absolute Gasteiger partial charge is 0.495 e. The topological polar surface area (TPSA) is 65.0 Å². The highest BCUT2D eigenvalue weighted by molar-refractivity contribution is 6.33. The number of ether oxygens (including phenoxy) is 3. The molecule has 1 aliphatic heterocycles. The standard InChI is InChI=1S/C16H13ClO5/c1-20-12-7-6-10-8-9-4-2-3-5-11(9)21-16(15(18)19)22-14(10)13(12)17/h2-7,16H,8H2,1H3,(H,18,19). The van der Waals surface area contributed by atoms with Gasteiger partial charge in [0.1, 0.15) is 16.5 Å². The Morgan fingerprint density at radius 3 is 2.73 bits per heavy atom. The van der Waals surface area contributed by atoms with Gasteiger partial charge in [-0.05, 0) is 17.7 Å². The lowest BCUT2D eigenvalue weighted by atomic mass is 10.0. The van der Waals surface area contributed by atoms with E-state index in [4.69, 9.17) is 25.8 Å². The van der Waals surface area contributed by atoms with E-state index in [1.54, 1.807) is 24.3 Å². The van der Waals surface area contributed by atoms with Crippen LogP contribution in [0.2, 0.25) is 5.02 Å². The van der Waals surface area contributed by atoms with E-state index in [2.05, 4.69) is 0 Å². The van der Waals surface area contributed by atoms with E-state index in [1.165, 1.54) is 7.11 Å². The monoisotopic (exact) mass is 320 g/mol. The Morgan fingerprint density at radius 1 is 1.23 bits per heavy atom. The van der Waals surface area contributed by atoms with Crippen molar-refractivity contribution in [3.63, 3.8) is 0 Å². The zero-order valence-corrected chi connectivity index (χ0v) is 12.5. The Balaban J connectivity index is 2.15. The second kappa shape index (κ2) is 5.77. The Hall–Kier alpha value is -2.40. The molecule has 22 heavy (non-hydrogen) atoms. The average molecular weight is 321 g/mol. The summed E-state index contributed by atoms with van der Waals surface area (Å²) in [6.45, 7) is 0. The number of hydrogen-bond donors (Lipinski definition) is 1. The number of para-hydroxylation sites is 1. The maximum absolute atomic E-state index is 11.4. The van der Waals surface area contributed by atoms with E-state index in [9.17, 15) is 9.90 Å². The highest BCUT2D eigenvalue weighted by Gasteiger charge is 2.28. The molecule has 0 bridgehead atoms. The van der Waals surface area contributed by atoms with Crippen molar-refractivity contribution < 1.29 is 24.1 Å². The summed E-state index contributed by atoms with van der Waals surface area (Å²) in [6.07, 6.45) is -0.966. The van der Waals surface area contributed by atoms with Gasteiger partial charge in [0.15, 0.2) is 5.75 Å². The van der Waals surface area contributed by atoms with Crippen molar-refractivity contribution >= 4 is 17.6 Å². The fourth-order valence-corrected chi connectivity index (χ4v) is 2.63. The van der Waals surface area contributed by atoms with Crippen LogP contribution in [0.25, 0.3) is 0 Å². The van der Waals surface area contributed by atoms with Gasteiger partial charge in [0.05, 0.1) is 7.11 Å². The summed E-state index contributed by atoms with van der Waals surface area (Å²) in [5, 5.41) is 9.53. The lowest BCUT2D eigenvalue weighted by Gasteiger charge is -2.24. The number of rotatable bonds is 2. The Labute approximate surface area is 132 Å². The predicted octanol–water partition coefficient (Wildman–Crippen LogP) is 3.12. The first-order chi connectivity index (χ1) is 10.6. The van der Waals surface area contributed by atoms with E-state index in [0.29, 0.717) is 17.9 Å². The summed E-state index contributed by atoms with van der Waals surface area (Å²) in [4.78, 5) is 11.4. The van der Waals surface area contributed by atoms with Crippen LogP contribution in [0.5, 0.6) is 17.2 Å². The minimum absolute atomic E-state index is 0.231. The molecule has 1 heterocycles. The number of aliphatic carboxylic acids is 1. The van der Waals surface area contributed by atoms with Crippen LogP contribution in [-0.2, 0) is 11.2 Å². The summed E-state index contributed by atoms with van der Waals surface area (Å²) >= 11 is 6.25. The molecule has 0 saturated carbocycles. The van der Waals surface area contributed by atoms with Crippen LogP contribution in [-0.4, -0.2) is 24.5 Å². The van der Waals surface area contributed by atoms with Gasteiger partial charge in [0.25, 0.3) is 0 Å². The molecule has 2 aromatic rings. The van der Waals surface area contributed by atoms with Crippen LogP contribution < -0.4 is 14.2 Å². The molecule has 3 rings (SSSR count). The van der Waals surface area contributed by atoms with Crippen LogP contribution in [0.4, 0.5) is 0 Å². The number of carboxylic acids is 1. The maximum atomic E-state index is 11.4. The van der Waals surface area contributed by atoms with Crippen LogP contribution in [0.15, 0.2) is 36.4 Å². The van der Waals surface area contributed by atoms with E-state index < -0.39 is 12.3 Å². The maximum Gasteiger partial charge on any atom is 0.387 e. The number of hydrogen-bond acceptors (Lipinski definition) is 4. The van der Waals surface area contributed by atoms with Gasteiger partial charge >= 0.3 is 12.3 Å². The average Bonchev–Trinajstić information content (AvgIpc) is 2.48. The van der Waals surface area contributed by atoms with E-state index in [1.807, 2.05) is 12.1 Å². The lowest BCUT2D eigenvalue weighted by molar-refractivity contribution is -0.158. The van der Waals surface area contributed by atoms with Crippen molar-refractivity contribution in [2.24, 2.45) is 0 Å². The van der Waals surface area contributed by atoms with Gasteiger partial charge < -0.3 is 19.3 Å². The van der Waals surface area contributed by atoms with Crippen LogP contribution in [0, 0.1) is 0 Å². The molecule has 1 N–H and O–H groups in total. The number of methoxy groups -OCH3 is 1. The van der Waals surface area contributed by atoms with Gasteiger partial charge in [-0.3, -0.25) is 0 Å². The zero-order chi connectivity index (χ0) is 15.7. The van der Waals surface area contributed by atoms with Crippen LogP contribution in [0.3, 0.4) is 0 Å². The SMILES string of the molecule is COc1ccc2c(c1Cl)OC(C(=O)O)Oc1ccccc1C2. The first-order valence-corrected chi connectivity index (χ1v) is 6.97. The molecule has 5 nitrogen and oxygen atoms in total. The number of carboxylic acid groups (broad SMARTS) is 1. The highest BCUT2D eigenvalue weighted by Crippen LogP contribution is 2.40. The molecule has 0 aliphatic carbocycles. The van der Waals surface area contributed by atoms with Crippen molar-refractivity contribution in [2.75, 3.05) is 7.11 Å². The molecule has 114 valence electrons. The molecular weight excluding hydrogens is 308 g/mol. The first-order valence-electron chi connectivity index (χ1n) is 6.59. The third kappa shape index (κ3) is 2.55. The van der Waals surface area contributed by atoms with Crippen molar-refractivity contribution in [1.82, 2.24) is 0 Å². The molecule has 0 fully saturated rings. The summed E-state index contributed by atoms with van der Waals surface area (Å²) in [7, 11) is 1.48. The molecule has 0 aromatic heterocycles. The number of carbonyl (C=O) groups is 1. The van der Waals surface area contributed by atoms with Gasteiger partial charge in [-0.2, -0.15) is 0 Å². The van der Waals surface area contributed by atoms with Crippen molar-refractivity contribution in [1.29, 1.82) is 0 Å². The third-order valence-electron chi connectivity index (χ3n) is 3.38. The van der Waals surface area contributed by atoms with E-state index in [-0.39, 0.29) is 10.8 Å². The van der Waals surface area contributed by atoms with Gasteiger partial charge in [-0.25, -0.2) is 4.79 Å². The second-order valence-corrected chi connectivity index (χ2v) is 5.14. The van der Waals surface area contributed by atoms with E-state index >= 15 is 0 Å². The van der Waals surface area contributed by atoms with Gasteiger partial charge in [-0.1, -0.05) is 35.9 Å². The predicted molar refractivity (Wildman–Crippen MR) is 79.9 cm³/mol.